The van der Waals surface area contributed by atoms with Crippen molar-refractivity contribution in [1.29, 1.82) is 5.26 Å². The molecule has 0 aliphatic carbocycles. The predicted molar refractivity (Wildman–Crippen MR) is 79.3 cm³/mol. The van der Waals surface area contributed by atoms with Crippen molar-refractivity contribution in [3.63, 3.8) is 0 Å². The summed E-state index contributed by atoms with van der Waals surface area (Å²) in [6, 6.07) is 8.60. The van der Waals surface area contributed by atoms with Gasteiger partial charge in [0.05, 0.1) is 11.8 Å². The summed E-state index contributed by atoms with van der Waals surface area (Å²) in [5, 5.41) is 13.4. The molecule has 0 aliphatic rings. The molecule has 1 aromatic heterocycles. The summed E-state index contributed by atoms with van der Waals surface area (Å²) < 4.78 is 0. The molecule has 20 heavy (non-hydrogen) atoms. The monoisotopic (exact) mass is 284 g/mol. The normalized spacial score (nSPS) is 10.5. The third-order valence-electron chi connectivity index (χ3n) is 2.63. The van der Waals surface area contributed by atoms with E-state index < -0.39 is 0 Å². The Morgan fingerprint density at radius 3 is 2.85 bits per heavy atom. The zero-order valence-corrected chi connectivity index (χ0v) is 12.3. The summed E-state index contributed by atoms with van der Waals surface area (Å²) in [5.74, 6) is 0. The Labute approximate surface area is 123 Å². The molecule has 1 heterocycles. The quantitative estimate of drug-likeness (QED) is 0.914. The molecule has 0 fully saturated rings. The summed E-state index contributed by atoms with van der Waals surface area (Å²) in [7, 11) is 0. The van der Waals surface area contributed by atoms with Crippen LogP contribution in [0.3, 0.4) is 0 Å². The third-order valence-corrected chi connectivity index (χ3v) is 3.63. The van der Waals surface area contributed by atoms with Crippen LogP contribution in [0.15, 0.2) is 46.7 Å². The average molecular weight is 284 g/mol. The second kappa shape index (κ2) is 7.04. The van der Waals surface area contributed by atoms with E-state index in [1.807, 2.05) is 18.2 Å². The smallest absolute Gasteiger partial charge is 0.119 e. The SMILES string of the molecule is CC(C)NCc1ccc(Sc2cnccn2)c(C#N)c1. The lowest BCUT2D eigenvalue weighted by molar-refractivity contribution is 0.588. The number of hydrogen-bond donors (Lipinski definition) is 1. The molecule has 0 saturated heterocycles. The van der Waals surface area contributed by atoms with Crippen molar-refractivity contribution >= 4 is 11.8 Å². The van der Waals surface area contributed by atoms with Crippen LogP contribution in [0.25, 0.3) is 0 Å². The van der Waals surface area contributed by atoms with Gasteiger partial charge in [-0.1, -0.05) is 31.7 Å². The van der Waals surface area contributed by atoms with E-state index in [1.165, 1.54) is 11.8 Å². The van der Waals surface area contributed by atoms with Gasteiger partial charge in [-0.2, -0.15) is 5.26 Å². The Morgan fingerprint density at radius 2 is 2.20 bits per heavy atom. The molecule has 102 valence electrons. The molecule has 0 atom stereocenters. The van der Waals surface area contributed by atoms with Crippen molar-refractivity contribution in [1.82, 2.24) is 15.3 Å². The van der Waals surface area contributed by atoms with Gasteiger partial charge in [0.2, 0.25) is 0 Å². The van der Waals surface area contributed by atoms with E-state index in [0.717, 1.165) is 22.0 Å². The maximum absolute atomic E-state index is 9.28. The molecule has 1 N–H and O–H groups in total. The zero-order valence-electron chi connectivity index (χ0n) is 11.5. The molecule has 0 radical (unpaired) electrons. The lowest BCUT2D eigenvalue weighted by Gasteiger charge is -2.09. The average Bonchev–Trinajstić information content (AvgIpc) is 2.47. The Kier molecular flexibility index (Phi) is 5.10. The predicted octanol–water partition coefficient (Wildman–Crippen LogP) is 3.00. The minimum absolute atomic E-state index is 0.425. The number of benzene rings is 1. The summed E-state index contributed by atoms with van der Waals surface area (Å²) >= 11 is 1.46. The van der Waals surface area contributed by atoms with E-state index in [-0.39, 0.29) is 0 Å². The van der Waals surface area contributed by atoms with Crippen LogP contribution in [-0.4, -0.2) is 16.0 Å². The lowest BCUT2D eigenvalue weighted by atomic mass is 10.1. The van der Waals surface area contributed by atoms with Gasteiger partial charge in [0.15, 0.2) is 0 Å². The first-order valence-corrected chi connectivity index (χ1v) is 7.21. The van der Waals surface area contributed by atoms with E-state index in [2.05, 4.69) is 35.2 Å². The molecule has 2 aromatic rings. The highest BCUT2D eigenvalue weighted by atomic mass is 32.2. The van der Waals surface area contributed by atoms with Crippen molar-refractivity contribution in [2.24, 2.45) is 0 Å². The molecular weight excluding hydrogens is 268 g/mol. The molecule has 2 rings (SSSR count). The summed E-state index contributed by atoms with van der Waals surface area (Å²) in [4.78, 5) is 9.14. The number of nitriles is 1. The van der Waals surface area contributed by atoms with Crippen LogP contribution in [0.2, 0.25) is 0 Å². The lowest BCUT2D eigenvalue weighted by Crippen LogP contribution is -2.21. The van der Waals surface area contributed by atoms with Crippen molar-refractivity contribution in [3.05, 3.63) is 47.9 Å². The van der Waals surface area contributed by atoms with Gasteiger partial charge in [-0.25, -0.2) is 4.98 Å². The highest BCUT2D eigenvalue weighted by Crippen LogP contribution is 2.28. The van der Waals surface area contributed by atoms with Crippen LogP contribution in [0.4, 0.5) is 0 Å². The maximum atomic E-state index is 9.28. The van der Waals surface area contributed by atoms with Gasteiger partial charge in [0, 0.05) is 29.9 Å². The molecule has 5 heteroatoms. The standard InChI is InChI=1S/C15H16N4S/c1-11(2)19-9-12-3-4-14(13(7-12)8-16)20-15-10-17-5-6-18-15/h3-7,10-11,19H,9H2,1-2H3. The molecule has 0 amide bonds. The van der Waals surface area contributed by atoms with Gasteiger partial charge >= 0.3 is 0 Å². The first kappa shape index (κ1) is 14.5. The van der Waals surface area contributed by atoms with Crippen LogP contribution in [0.5, 0.6) is 0 Å². The van der Waals surface area contributed by atoms with Crippen LogP contribution < -0.4 is 5.32 Å². The van der Waals surface area contributed by atoms with Crippen LogP contribution >= 0.6 is 11.8 Å². The van der Waals surface area contributed by atoms with Crippen LogP contribution in [0.1, 0.15) is 25.0 Å². The van der Waals surface area contributed by atoms with E-state index in [0.29, 0.717) is 11.6 Å². The van der Waals surface area contributed by atoms with Gasteiger partial charge in [-0.15, -0.1) is 0 Å². The Morgan fingerprint density at radius 1 is 1.35 bits per heavy atom. The number of aromatic nitrogens is 2. The second-order valence-corrected chi connectivity index (χ2v) is 5.69. The van der Waals surface area contributed by atoms with Gasteiger partial charge in [-0.3, -0.25) is 4.98 Å². The number of rotatable bonds is 5. The fraction of sp³-hybridized carbons (Fsp3) is 0.267. The summed E-state index contributed by atoms with van der Waals surface area (Å²) in [6.45, 7) is 4.97. The molecule has 0 bridgehead atoms. The highest BCUT2D eigenvalue weighted by Gasteiger charge is 2.07. The molecule has 4 nitrogen and oxygen atoms in total. The largest absolute Gasteiger partial charge is 0.310 e. The van der Waals surface area contributed by atoms with Crippen molar-refractivity contribution in [2.45, 2.75) is 36.4 Å². The molecule has 0 unspecified atom stereocenters. The molecule has 0 aliphatic heterocycles. The first-order valence-electron chi connectivity index (χ1n) is 6.39. The summed E-state index contributed by atoms with van der Waals surface area (Å²) in [5.41, 5.74) is 1.78. The second-order valence-electron chi connectivity index (χ2n) is 4.62. The van der Waals surface area contributed by atoms with Crippen molar-refractivity contribution in [2.75, 3.05) is 0 Å². The van der Waals surface area contributed by atoms with Crippen LogP contribution in [0, 0.1) is 11.3 Å². The Balaban J connectivity index is 2.16. The number of nitrogens with one attached hydrogen (secondary N) is 1. The van der Waals surface area contributed by atoms with E-state index in [9.17, 15) is 5.26 Å². The molecule has 0 spiro atoms. The van der Waals surface area contributed by atoms with Gasteiger partial charge in [-0.05, 0) is 17.7 Å². The minimum Gasteiger partial charge on any atom is -0.310 e. The van der Waals surface area contributed by atoms with Crippen molar-refractivity contribution in [3.8, 4) is 6.07 Å². The first-order chi connectivity index (χ1) is 9.69. The van der Waals surface area contributed by atoms with Gasteiger partial charge in [0.1, 0.15) is 11.1 Å². The molecule has 1 aromatic carbocycles. The number of nitrogens with zero attached hydrogens (tertiary/aromatic N) is 3. The topological polar surface area (TPSA) is 61.6 Å². The minimum atomic E-state index is 0.425. The Bertz CT molecular complexity index is 605. The third kappa shape index (κ3) is 4.05. The summed E-state index contributed by atoms with van der Waals surface area (Å²) in [6.07, 6.45) is 4.98. The van der Waals surface area contributed by atoms with Crippen molar-refractivity contribution < 1.29 is 0 Å². The van der Waals surface area contributed by atoms with Gasteiger partial charge in [0.25, 0.3) is 0 Å². The molecular formula is C15H16N4S. The molecule has 0 saturated carbocycles. The van der Waals surface area contributed by atoms with Gasteiger partial charge < -0.3 is 5.32 Å². The highest BCUT2D eigenvalue weighted by molar-refractivity contribution is 7.99. The fourth-order valence-corrected chi connectivity index (χ4v) is 2.44. The zero-order chi connectivity index (χ0) is 14.4. The van der Waals surface area contributed by atoms with E-state index in [4.69, 9.17) is 0 Å². The number of hydrogen-bond acceptors (Lipinski definition) is 5. The maximum Gasteiger partial charge on any atom is 0.119 e. The van der Waals surface area contributed by atoms with E-state index >= 15 is 0 Å². The van der Waals surface area contributed by atoms with E-state index in [1.54, 1.807) is 18.6 Å². The fourth-order valence-electron chi connectivity index (χ4n) is 1.64. The van der Waals surface area contributed by atoms with Crippen LogP contribution in [-0.2, 0) is 6.54 Å². The Hall–Kier alpha value is -1.90.